The molecule has 1 fully saturated rings. The van der Waals surface area contributed by atoms with Crippen molar-refractivity contribution in [2.24, 2.45) is 0 Å². The monoisotopic (exact) mass is 323 g/mol. The van der Waals surface area contributed by atoms with E-state index >= 15 is 0 Å². The quantitative estimate of drug-likeness (QED) is 0.940. The van der Waals surface area contributed by atoms with E-state index in [1.165, 1.54) is 0 Å². The molecule has 24 heavy (non-hydrogen) atoms. The van der Waals surface area contributed by atoms with E-state index in [4.69, 9.17) is 0 Å². The Morgan fingerprint density at radius 2 is 1.75 bits per heavy atom. The molecule has 1 unspecified atom stereocenters. The number of benzene rings is 2. The number of amides is 3. The maximum atomic E-state index is 12.5. The number of para-hydroxylation sites is 1. The van der Waals surface area contributed by atoms with Gasteiger partial charge in [0.2, 0.25) is 5.91 Å². The Morgan fingerprint density at radius 1 is 1.12 bits per heavy atom. The Hall–Kier alpha value is -2.82. The van der Waals surface area contributed by atoms with Crippen LogP contribution in [-0.2, 0) is 11.3 Å². The smallest absolute Gasteiger partial charge is 0.318 e. The molecular formula is C19H21N3O2. The average Bonchev–Trinajstić information content (AvgIpc) is 2.97. The van der Waals surface area contributed by atoms with Gasteiger partial charge in [-0.2, -0.15) is 0 Å². The van der Waals surface area contributed by atoms with E-state index in [1.54, 1.807) is 16.8 Å². The predicted octanol–water partition coefficient (Wildman–Crippen LogP) is 2.63. The van der Waals surface area contributed by atoms with Crippen molar-refractivity contribution in [3.05, 3.63) is 66.2 Å². The summed E-state index contributed by atoms with van der Waals surface area (Å²) in [6, 6.07) is 18.6. The molecule has 0 spiro atoms. The van der Waals surface area contributed by atoms with Crippen molar-refractivity contribution in [2.75, 3.05) is 18.5 Å². The number of nitrogens with zero attached hydrogens (tertiary/aromatic N) is 2. The minimum Gasteiger partial charge on any atom is -0.326 e. The summed E-state index contributed by atoms with van der Waals surface area (Å²) in [5.41, 5.74) is 1.93. The molecule has 1 N–H and O–H groups in total. The fourth-order valence-corrected chi connectivity index (χ4v) is 2.87. The molecule has 1 heterocycles. The lowest BCUT2D eigenvalue weighted by atomic mass is 10.2. The topological polar surface area (TPSA) is 52.7 Å². The molecule has 1 saturated heterocycles. The lowest BCUT2D eigenvalue weighted by molar-refractivity contribution is -0.118. The van der Waals surface area contributed by atoms with Crippen molar-refractivity contribution in [3.8, 4) is 0 Å². The van der Waals surface area contributed by atoms with Crippen LogP contribution in [0.1, 0.15) is 12.0 Å². The molecule has 0 radical (unpaired) electrons. The van der Waals surface area contributed by atoms with Crippen LogP contribution in [0.2, 0.25) is 0 Å². The first kappa shape index (κ1) is 16.1. The van der Waals surface area contributed by atoms with Gasteiger partial charge in [0.15, 0.2) is 0 Å². The number of rotatable bonds is 4. The molecule has 0 bridgehead atoms. The fraction of sp³-hybridized carbons (Fsp3) is 0.263. The van der Waals surface area contributed by atoms with Gasteiger partial charge in [0, 0.05) is 25.8 Å². The molecule has 0 saturated carbocycles. The molecule has 5 nitrogen and oxygen atoms in total. The van der Waals surface area contributed by atoms with Gasteiger partial charge in [-0.1, -0.05) is 48.5 Å². The van der Waals surface area contributed by atoms with Crippen molar-refractivity contribution in [3.63, 3.8) is 0 Å². The zero-order chi connectivity index (χ0) is 16.9. The summed E-state index contributed by atoms with van der Waals surface area (Å²) < 4.78 is 0. The minimum absolute atomic E-state index is 0.0531. The maximum Gasteiger partial charge on any atom is 0.318 e. The molecule has 1 aliphatic heterocycles. The third-order valence-electron chi connectivity index (χ3n) is 4.18. The fourth-order valence-electron chi connectivity index (χ4n) is 2.87. The highest BCUT2D eigenvalue weighted by Gasteiger charge is 2.34. The summed E-state index contributed by atoms with van der Waals surface area (Å²) in [6.45, 7) is 1.13. The zero-order valence-electron chi connectivity index (χ0n) is 13.7. The van der Waals surface area contributed by atoms with E-state index in [9.17, 15) is 9.59 Å². The van der Waals surface area contributed by atoms with E-state index in [0.29, 0.717) is 19.5 Å². The van der Waals surface area contributed by atoms with Crippen molar-refractivity contribution in [1.82, 2.24) is 10.2 Å². The lowest BCUT2D eigenvalue weighted by Crippen LogP contribution is -2.46. The van der Waals surface area contributed by atoms with E-state index in [1.807, 2.05) is 60.7 Å². The maximum absolute atomic E-state index is 12.5. The molecule has 2 aromatic rings. The zero-order valence-corrected chi connectivity index (χ0v) is 13.7. The van der Waals surface area contributed by atoms with E-state index in [2.05, 4.69) is 5.32 Å². The van der Waals surface area contributed by atoms with Crippen LogP contribution in [0, 0.1) is 0 Å². The summed E-state index contributed by atoms with van der Waals surface area (Å²) in [4.78, 5) is 28.2. The van der Waals surface area contributed by atoms with Crippen LogP contribution >= 0.6 is 0 Å². The SMILES string of the molecule is CN(Cc1ccccc1)C(=O)NC1CCN(c2ccccc2)C1=O. The van der Waals surface area contributed by atoms with Crippen molar-refractivity contribution < 1.29 is 9.59 Å². The summed E-state index contributed by atoms with van der Waals surface area (Å²) >= 11 is 0. The van der Waals surface area contributed by atoms with Crippen LogP contribution in [0.3, 0.4) is 0 Å². The summed E-state index contributed by atoms with van der Waals surface area (Å²) in [6.07, 6.45) is 0.624. The molecule has 0 aromatic heterocycles. The van der Waals surface area contributed by atoms with Crippen LogP contribution < -0.4 is 10.2 Å². The number of carbonyl (C=O) groups is 2. The van der Waals surface area contributed by atoms with Gasteiger partial charge in [0.25, 0.3) is 0 Å². The predicted molar refractivity (Wildman–Crippen MR) is 93.6 cm³/mol. The third-order valence-corrected chi connectivity index (χ3v) is 4.18. The highest BCUT2D eigenvalue weighted by atomic mass is 16.2. The van der Waals surface area contributed by atoms with Gasteiger partial charge in [0.05, 0.1) is 0 Å². The molecular weight excluding hydrogens is 302 g/mol. The molecule has 0 aliphatic carbocycles. The van der Waals surface area contributed by atoms with Crippen LogP contribution in [0.15, 0.2) is 60.7 Å². The highest BCUT2D eigenvalue weighted by Crippen LogP contribution is 2.21. The number of hydrogen-bond acceptors (Lipinski definition) is 2. The van der Waals surface area contributed by atoms with Gasteiger partial charge in [-0.05, 0) is 24.1 Å². The molecule has 1 aliphatic rings. The second-order valence-electron chi connectivity index (χ2n) is 5.96. The molecule has 3 amide bonds. The van der Waals surface area contributed by atoms with Gasteiger partial charge in [-0.25, -0.2) is 4.79 Å². The van der Waals surface area contributed by atoms with E-state index < -0.39 is 6.04 Å². The van der Waals surface area contributed by atoms with Crippen LogP contribution in [-0.4, -0.2) is 36.5 Å². The number of carbonyl (C=O) groups excluding carboxylic acids is 2. The minimum atomic E-state index is -0.462. The first-order valence-corrected chi connectivity index (χ1v) is 8.07. The number of urea groups is 1. The molecule has 1 atom stereocenters. The third kappa shape index (κ3) is 3.56. The van der Waals surface area contributed by atoms with E-state index in [-0.39, 0.29) is 11.9 Å². The molecule has 5 heteroatoms. The van der Waals surface area contributed by atoms with Crippen molar-refractivity contribution >= 4 is 17.6 Å². The first-order valence-electron chi connectivity index (χ1n) is 8.07. The van der Waals surface area contributed by atoms with Crippen molar-refractivity contribution in [2.45, 2.75) is 19.0 Å². The molecule has 2 aromatic carbocycles. The second-order valence-corrected chi connectivity index (χ2v) is 5.96. The summed E-state index contributed by atoms with van der Waals surface area (Å²) in [5.74, 6) is -0.0531. The average molecular weight is 323 g/mol. The first-order chi connectivity index (χ1) is 11.6. The lowest BCUT2D eigenvalue weighted by Gasteiger charge is -2.21. The van der Waals surface area contributed by atoms with Gasteiger partial charge in [-0.3, -0.25) is 4.79 Å². The Balaban J connectivity index is 1.58. The molecule has 124 valence electrons. The largest absolute Gasteiger partial charge is 0.326 e. The standard InChI is InChI=1S/C19H21N3O2/c1-21(14-15-8-4-2-5-9-15)19(24)20-17-12-13-22(18(17)23)16-10-6-3-7-11-16/h2-11,17H,12-14H2,1H3,(H,20,24). The second kappa shape index (κ2) is 7.17. The normalized spacial score (nSPS) is 17.0. The van der Waals surface area contributed by atoms with Gasteiger partial charge in [-0.15, -0.1) is 0 Å². The van der Waals surface area contributed by atoms with Crippen molar-refractivity contribution in [1.29, 1.82) is 0 Å². The van der Waals surface area contributed by atoms with Gasteiger partial charge < -0.3 is 15.1 Å². The molecule has 3 rings (SSSR count). The summed E-state index contributed by atoms with van der Waals surface area (Å²) in [5, 5.41) is 2.84. The Labute approximate surface area is 141 Å². The van der Waals surface area contributed by atoms with Crippen LogP contribution in [0.5, 0.6) is 0 Å². The van der Waals surface area contributed by atoms with E-state index in [0.717, 1.165) is 11.3 Å². The Morgan fingerprint density at radius 3 is 2.42 bits per heavy atom. The number of hydrogen-bond donors (Lipinski definition) is 1. The van der Waals surface area contributed by atoms with Crippen LogP contribution in [0.4, 0.5) is 10.5 Å². The van der Waals surface area contributed by atoms with Crippen LogP contribution in [0.25, 0.3) is 0 Å². The Kier molecular flexibility index (Phi) is 4.79. The van der Waals surface area contributed by atoms with Gasteiger partial charge >= 0.3 is 6.03 Å². The van der Waals surface area contributed by atoms with Gasteiger partial charge in [0.1, 0.15) is 6.04 Å². The highest BCUT2D eigenvalue weighted by molar-refractivity contribution is 6.01. The Bertz CT molecular complexity index is 703. The number of nitrogens with one attached hydrogen (secondary N) is 1. The number of anilines is 1. The summed E-state index contributed by atoms with van der Waals surface area (Å²) in [7, 11) is 1.73.